The van der Waals surface area contributed by atoms with E-state index in [4.69, 9.17) is 10.1 Å². The van der Waals surface area contributed by atoms with Crippen molar-refractivity contribution in [2.75, 3.05) is 0 Å². The van der Waals surface area contributed by atoms with Crippen molar-refractivity contribution in [3.63, 3.8) is 0 Å². The van der Waals surface area contributed by atoms with Gasteiger partial charge in [0.05, 0.1) is 47.8 Å². The molecule has 0 saturated heterocycles. The van der Waals surface area contributed by atoms with E-state index >= 15 is 0 Å². The summed E-state index contributed by atoms with van der Waals surface area (Å²) in [4.78, 5) is 18.5. The summed E-state index contributed by atoms with van der Waals surface area (Å²) < 4.78 is 3.88. The molecule has 6 heterocycles. The molecule has 0 radical (unpaired) electrons. The molecule has 38 heavy (non-hydrogen) atoms. The van der Waals surface area contributed by atoms with Gasteiger partial charge in [-0.2, -0.15) is 10.2 Å². The third kappa shape index (κ3) is 3.92. The average molecular weight is 503 g/mol. The molecule has 0 unspecified atom stereocenters. The van der Waals surface area contributed by atoms with E-state index in [1.165, 1.54) is 0 Å². The summed E-state index contributed by atoms with van der Waals surface area (Å²) >= 11 is 0. The standard InChI is InChI=1S/C29H26N8O/c1-18-12-24-23(9-11-31-29(24)35-28(18)25-4-2-3-10-30-25)26-16-32-27-13-19(14-34-37(26)27)20-15-33-36(17-20)21-5-7-22(38)8-6-21/h2-4,9-17,21-22,38H,5-8H2,1H3. The van der Waals surface area contributed by atoms with Gasteiger partial charge in [0.15, 0.2) is 11.3 Å². The van der Waals surface area contributed by atoms with Gasteiger partial charge in [0.25, 0.3) is 0 Å². The van der Waals surface area contributed by atoms with Crippen LogP contribution >= 0.6 is 0 Å². The number of aryl methyl sites for hydroxylation is 1. The third-order valence-electron chi connectivity index (χ3n) is 7.44. The molecule has 1 saturated carbocycles. The van der Waals surface area contributed by atoms with E-state index in [2.05, 4.69) is 32.3 Å². The van der Waals surface area contributed by atoms with Crippen molar-refractivity contribution in [1.82, 2.24) is 39.3 Å². The first-order chi connectivity index (χ1) is 18.6. The van der Waals surface area contributed by atoms with Crippen molar-refractivity contribution in [2.24, 2.45) is 0 Å². The summed E-state index contributed by atoms with van der Waals surface area (Å²) in [6.45, 7) is 2.04. The Morgan fingerprint density at radius 3 is 2.58 bits per heavy atom. The van der Waals surface area contributed by atoms with Crippen LogP contribution in [0.25, 0.3) is 50.5 Å². The molecule has 1 N–H and O–H groups in total. The second-order valence-corrected chi connectivity index (χ2v) is 9.93. The Hall–Kier alpha value is -4.50. The number of rotatable bonds is 4. The highest BCUT2D eigenvalue weighted by atomic mass is 16.3. The molecule has 6 aromatic heterocycles. The second kappa shape index (κ2) is 9.11. The fourth-order valence-electron chi connectivity index (χ4n) is 5.39. The van der Waals surface area contributed by atoms with Gasteiger partial charge in [-0.25, -0.2) is 19.5 Å². The highest BCUT2D eigenvalue weighted by Crippen LogP contribution is 2.32. The zero-order chi connectivity index (χ0) is 25.6. The number of nitrogens with zero attached hydrogens (tertiary/aromatic N) is 8. The number of aliphatic hydroxyl groups excluding tert-OH is 1. The monoisotopic (exact) mass is 502 g/mol. The van der Waals surface area contributed by atoms with E-state index in [0.29, 0.717) is 11.7 Å². The first-order valence-electron chi connectivity index (χ1n) is 12.9. The SMILES string of the molecule is Cc1cc2c(-c3cnc4cc(-c5cnn(C6CCC(O)CC6)c5)cnn34)ccnc2nc1-c1ccccn1. The first-order valence-corrected chi connectivity index (χ1v) is 12.9. The van der Waals surface area contributed by atoms with Crippen LogP contribution < -0.4 is 0 Å². The van der Waals surface area contributed by atoms with Gasteiger partial charge in [-0.15, -0.1) is 0 Å². The van der Waals surface area contributed by atoms with Crippen LogP contribution in [0.3, 0.4) is 0 Å². The van der Waals surface area contributed by atoms with Gasteiger partial charge < -0.3 is 5.11 Å². The van der Waals surface area contributed by atoms with Crippen molar-refractivity contribution >= 4 is 16.7 Å². The van der Waals surface area contributed by atoms with Crippen LogP contribution in [0.15, 0.2) is 73.6 Å². The molecule has 1 aliphatic rings. The lowest BCUT2D eigenvalue weighted by atomic mass is 9.93. The Morgan fingerprint density at radius 1 is 0.868 bits per heavy atom. The van der Waals surface area contributed by atoms with Crippen molar-refractivity contribution in [2.45, 2.75) is 44.8 Å². The maximum Gasteiger partial charge on any atom is 0.160 e. The summed E-state index contributed by atoms with van der Waals surface area (Å²) in [6, 6.07) is 12.3. The highest BCUT2D eigenvalue weighted by Gasteiger charge is 2.22. The van der Waals surface area contributed by atoms with E-state index in [0.717, 1.165) is 76.1 Å². The quantitative estimate of drug-likeness (QED) is 0.359. The topological polar surface area (TPSA) is 107 Å². The molecule has 0 spiro atoms. The molecular formula is C29H26N8O. The first kappa shape index (κ1) is 22.7. The smallest absolute Gasteiger partial charge is 0.160 e. The van der Waals surface area contributed by atoms with Crippen LogP contribution in [-0.4, -0.2) is 50.5 Å². The van der Waals surface area contributed by atoms with Crippen molar-refractivity contribution in [3.8, 4) is 33.8 Å². The number of pyridine rings is 3. The van der Waals surface area contributed by atoms with Crippen LogP contribution in [0.5, 0.6) is 0 Å². The molecule has 6 aromatic rings. The molecule has 9 heteroatoms. The minimum Gasteiger partial charge on any atom is -0.393 e. The van der Waals surface area contributed by atoms with E-state index in [1.54, 1.807) is 12.4 Å². The van der Waals surface area contributed by atoms with Crippen LogP contribution in [0, 0.1) is 6.92 Å². The zero-order valence-electron chi connectivity index (χ0n) is 20.9. The van der Waals surface area contributed by atoms with Crippen LogP contribution in [0.2, 0.25) is 0 Å². The highest BCUT2D eigenvalue weighted by molar-refractivity contribution is 5.93. The van der Waals surface area contributed by atoms with Crippen LogP contribution in [0.4, 0.5) is 0 Å². The Kier molecular flexibility index (Phi) is 5.44. The molecule has 7 rings (SSSR count). The van der Waals surface area contributed by atoms with E-state index < -0.39 is 0 Å². The molecule has 1 aliphatic carbocycles. The van der Waals surface area contributed by atoms with E-state index in [-0.39, 0.29) is 6.10 Å². The largest absolute Gasteiger partial charge is 0.393 e. The Labute approximate surface area is 218 Å². The number of aliphatic hydroxyl groups is 1. The summed E-state index contributed by atoms with van der Waals surface area (Å²) in [5.41, 5.74) is 7.91. The minimum atomic E-state index is -0.178. The minimum absolute atomic E-state index is 0.178. The van der Waals surface area contributed by atoms with E-state index in [9.17, 15) is 5.11 Å². The molecule has 0 bridgehead atoms. The molecule has 0 atom stereocenters. The van der Waals surface area contributed by atoms with E-state index in [1.807, 2.05) is 65.0 Å². The number of fused-ring (bicyclic) bond motifs is 2. The van der Waals surface area contributed by atoms with Gasteiger partial charge in [0.2, 0.25) is 0 Å². The Balaban J connectivity index is 1.24. The van der Waals surface area contributed by atoms with Gasteiger partial charge in [0, 0.05) is 40.7 Å². The predicted molar refractivity (Wildman–Crippen MR) is 144 cm³/mol. The lowest BCUT2D eigenvalue weighted by Crippen LogP contribution is -2.21. The number of aromatic nitrogens is 8. The lowest BCUT2D eigenvalue weighted by molar-refractivity contribution is 0.108. The van der Waals surface area contributed by atoms with Gasteiger partial charge in [0.1, 0.15) is 0 Å². The predicted octanol–water partition coefficient (Wildman–Crippen LogP) is 5.05. The number of imidazole rings is 1. The van der Waals surface area contributed by atoms with Crippen molar-refractivity contribution in [1.29, 1.82) is 0 Å². The summed E-state index contributed by atoms with van der Waals surface area (Å²) in [7, 11) is 0. The number of hydrogen-bond donors (Lipinski definition) is 1. The maximum atomic E-state index is 9.82. The molecule has 0 aromatic carbocycles. The molecule has 1 fully saturated rings. The maximum absolute atomic E-state index is 9.82. The van der Waals surface area contributed by atoms with Crippen molar-refractivity contribution < 1.29 is 5.11 Å². The summed E-state index contributed by atoms with van der Waals surface area (Å²) in [5.74, 6) is 0. The van der Waals surface area contributed by atoms with Crippen LogP contribution in [0.1, 0.15) is 37.3 Å². The zero-order valence-corrected chi connectivity index (χ0v) is 20.9. The molecule has 0 amide bonds. The third-order valence-corrected chi connectivity index (χ3v) is 7.44. The fraction of sp³-hybridized carbons (Fsp3) is 0.241. The number of hydrogen-bond acceptors (Lipinski definition) is 7. The van der Waals surface area contributed by atoms with Gasteiger partial charge in [-0.05, 0) is 68.5 Å². The lowest BCUT2D eigenvalue weighted by Gasteiger charge is -2.25. The molecule has 188 valence electrons. The van der Waals surface area contributed by atoms with Gasteiger partial charge in [-0.3, -0.25) is 9.67 Å². The fourth-order valence-corrected chi connectivity index (χ4v) is 5.39. The molecule has 0 aliphatic heterocycles. The average Bonchev–Trinajstić information content (AvgIpc) is 3.61. The van der Waals surface area contributed by atoms with Crippen molar-refractivity contribution in [3.05, 3.63) is 79.1 Å². The van der Waals surface area contributed by atoms with Crippen LogP contribution in [-0.2, 0) is 0 Å². The normalized spacial score (nSPS) is 17.8. The van der Waals surface area contributed by atoms with Gasteiger partial charge >= 0.3 is 0 Å². The van der Waals surface area contributed by atoms with Gasteiger partial charge in [-0.1, -0.05) is 6.07 Å². The molecular weight excluding hydrogens is 476 g/mol. The Bertz CT molecular complexity index is 1770. The summed E-state index contributed by atoms with van der Waals surface area (Å²) in [6.07, 6.45) is 14.6. The molecule has 9 nitrogen and oxygen atoms in total. The second-order valence-electron chi connectivity index (χ2n) is 9.93. The summed E-state index contributed by atoms with van der Waals surface area (Å²) in [5, 5.41) is 20.1. The Morgan fingerprint density at radius 2 is 1.74 bits per heavy atom.